The number of aliphatic hydroxyl groups is 2. The van der Waals surface area contributed by atoms with Gasteiger partial charge in [-0.2, -0.15) is 0 Å². The number of hydrogen-bond acceptors (Lipinski definition) is 4. The number of carbonyl (C=O) groups excluding carboxylic acids is 1. The van der Waals surface area contributed by atoms with Crippen molar-refractivity contribution in [3.8, 4) is 0 Å². The van der Waals surface area contributed by atoms with Crippen LogP contribution in [0.2, 0.25) is 0 Å². The van der Waals surface area contributed by atoms with Gasteiger partial charge in [0, 0.05) is 34.7 Å². The second kappa shape index (κ2) is 6.95. The number of aromatic amines is 1. The molecule has 0 spiro atoms. The van der Waals surface area contributed by atoms with E-state index in [0.717, 1.165) is 21.8 Å². The first-order valence-electron chi connectivity index (χ1n) is 7.71. The molecule has 0 fully saturated rings. The maximum Gasteiger partial charge on any atom is 0.256 e. The van der Waals surface area contributed by atoms with Crippen molar-refractivity contribution in [3.63, 3.8) is 0 Å². The first kappa shape index (κ1) is 17.6. The summed E-state index contributed by atoms with van der Waals surface area (Å²) in [6, 6.07) is 8.23. The summed E-state index contributed by atoms with van der Waals surface area (Å²) < 4.78 is 0. The van der Waals surface area contributed by atoms with Crippen molar-refractivity contribution in [2.24, 2.45) is 0 Å². The molecule has 6 nitrogen and oxygen atoms in total. The van der Waals surface area contributed by atoms with E-state index in [-0.39, 0.29) is 5.91 Å². The standard InChI is InChI=1S/C18H18BrN3O3/c1-18(25,10-23)13-4-2-11(3-5-13)17(24)22-16-6-15-14(9-21-16)12(7-19)8-20-15/h2-6,8-9,20,23,25H,7,10H2,1H3,(H,21,22,24). The molecule has 0 saturated heterocycles. The molecule has 0 aliphatic heterocycles. The number of aromatic nitrogens is 2. The number of fused-ring (bicyclic) bond motifs is 1. The van der Waals surface area contributed by atoms with Crippen molar-refractivity contribution < 1.29 is 15.0 Å². The number of nitrogens with one attached hydrogen (secondary N) is 2. The van der Waals surface area contributed by atoms with Gasteiger partial charge in [0.25, 0.3) is 5.91 Å². The molecule has 2 heterocycles. The summed E-state index contributed by atoms with van der Waals surface area (Å²) in [6.07, 6.45) is 3.62. The minimum Gasteiger partial charge on any atom is -0.393 e. The molecular weight excluding hydrogens is 386 g/mol. The number of nitrogens with zero attached hydrogens (tertiary/aromatic N) is 1. The van der Waals surface area contributed by atoms with Crippen LogP contribution in [0.4, 0.5) is 5.82 Å². The van der Waals surface area contributed by atoms with Gasteiger partial charge in [-0.3, -0.25) is 4.79 Å². The van der Waals surface area contributed by atoms with Gasteiger partial charge < -0.3 is 20.5 Å². The minimum absolute atomic E-state index is 0.297. The van der Waals surface area contributed by atoms with Gasteiger partial charge >= 0.3 is 0 Å². The lowest BCUT2D eigenvalue weighted by Gasteiger charge is -2.20. The van der Waals surface area contributed by atoms with Gasteiger partial charge in [0.15, 0.2) is 0 Å². The van der Waals surface area contributed by atoms with Crippen LogP contribution >= 0.6 is 15.9 Å². The maximum absolute atomic E-state index is 12.4. The number of alkyl halides is 1. The fourth-order valence-corrected chi connectivity index (χ4v) is 2.98. The number of carbonyl (C=O) groups is 1. The first-order valence-corrected chi connectivity index (χ1v) is 8.84. The Labute approximate surface area is 153 Å². The van der Waals surface area contributed by atoms with Crippen LogP contribution in [0.1, 0.15) is 28.4 Å². The van der Waals surface area contributed by atoms with Gasteiger partial charge in [0.05, 0.1) is 12.1 Å². The van der Waals surface area contributed by atoms with Gasteiger partial charge in [-0.1, -0.05) is 28.1 Å². The van der Waals surface area contributed by atoms with Crippen LogP contribution in [-0.2, 0) is 10.9 Å². The normalized spacial score (nSPS) is 13.6. The van der Waals surface area contributed by atoms with Crippen molar-refractivity contribution in [3.05, 3.63) is 59.4 Å². The molecule has 0 aliphatic rings. The Morgan fingerprint density at radius 2 is 2.08 bits per heavy atom. The van der Waals surface area contributed by atoms with Crippen molar-refractivity contribution in [1.82, 2.24) is 9.97 Å². The third kappa shape index (κ3) is 3.58. The van der Waals surface area contributed by atoms with E-state index >= 15 is 0 Å². The van der Waals surface area contributed by atoms with E-state index in [1.807, 2.05) is 6.20 Å². The molecule has 0 saturated carbocycles. The number of amides is 1. The summed E-state index contributed by atoms with van der Waals surface area (Å²) in [5.41, 5.74) is 1.65. The lowest BCUT2D eigenvalue weighted by atomic mass is 9.96. The SMILES string of the molecule is CC(O)(CO)c1ccc(C(=O)Nc2cc3[nH]cc(CBr)c3cn2)cc1. The zero-order chi connectivity index (χ0) is 18.0. The smallest absolute Gasteiger partial charge is 0.256 e. The highest BCUT2D eigenvalue weighted by molar-refractivity contribution is 9.08. The molecule has 130 valence electrons. The Balaban J connectivity index is 1.78. The van der Waals surface area contributed by atoms with Gasteiger partial charge in [-0.15, -0.1) is 0 Å². The van der Waals surface area contributed by atoms with Crippen molar-refractivity contribution in [2.45, 2.75) is 17.9 Å². The van der Waals surface area contributed by atoms with E-state index in [0.29, 0.717) is 16.9 Å². The van der Waals surface area contributed by atoms with Crippen LogP contribution in [0.5, 0.6) is 0 Å². The largest absolute Gasteiger partial charge is 0.393 e. The zero-order valence-electron chi connectivity index (χ0n) is 13.6. The van der Waals surface area contributed by atoms with Crippen LogP contribution in [0.3, 0.4) is 0 Å². The molecule has 0 aliphatic carbocycles. The summed E-state index contributed by atoms with van der Waals surface area (Å²) >= 11 is 3.42. The minimum atomic E-state index is -1.33. The fourth-order valence-electron chi connectivity index (χ4n) is 2.51. The van der Waals surface area contributed by atoms with E-state index in [1.165, 1.54) is 6.92 Å². The van der Waals surface area contributed by atoms with Crippen molar-refractivity contribution >= 4 is 38.6 Å². The molecule has 2 aromatic heterocycles. The molecule has 3 rings (SSSR count). The molecule has 7 heteroatoms. The van der Waals surface area contributed by atoms with Crippen molar-refractivity contribution in [1.29, 1.82) is 0 Å². The molecular formula is C18H18BrN3O3. The van der Waals surface area contributed by atoms with Crippen LogP contribution in [0.15, 0.2) is 42.7 Å². The van der Waals surface area contributed by atoms with Gasteiger partial charge in [-0.25, -0.2) is 4.98 Å². The Morgan fingerprint density at radius 3 is 2.72 bits per heavy atom. The Hall–Kier alpha value is -2.22. The van der Waals surface area contributed by atoms with Crippen LogP contribution in [-0.4, -0.2) is 32.7 Å². The summed E-state index contributed by atoms with van der Waals surface area (Å²) in [7, 11) is 0. The van der Waals surface area contributed by atoms with E-state index < -0.39 is 12.2 Å². The average Bonchev–Trinajstić information content (AvgIpc) is 3.04. The molecule has 1 aromatic carbocycles. The maximum atomic E-state index is 12.4. The molecule has 1 amide bonds. The summed E-state index contributed by atoms with van der Waals surface area (Å²) in [5.74, 6) is 0.154. The average molecular weight is 404 g/mol. The molecule has 0 bridgehead atoms. The second-order valence-corrected chi connectivity index (χ2v) is 6.59. The number of halogens is 1. The zero-order valence-corrected chi connectivity index (χ0v) is 15.2. The van der Waals surface area contributed by atoms with E-state index in [4.69, 9.17) is 0 Å². The third-order valence-electron chi connectivity index (χ3n) is 4.11. The third-order valence-corrected chi connectivity index (χ3v) is 4.72. The molecule has 1 atom stereocenters. The number of pyridine rings is 1. The number of anilines is 1. The van der Waals surface area contributed by atoms with Crippen LogP contribution < -0.4 is 5.32 Å². The van der Waals surface area contributed by atoms with Gasteiger partial charge in [0.1, 0.15) is 11.4 Å². The fraction of sp³-hybridized carbons (Fsp3) is 0.222. The monoisotopic (exact) mass is 403 g/mol. The topological polar surface area (TPSA) is 98.2 Å². The highest BCUT2D eigenvalue weighted by Crippen LogP contribution is 2.23. The van der Waals surface area contributed by atoms with Gasteiger partial charge in [0.2, 0.25) is 0 Å². The Bertz CT molecular complexity index is 904. The Kier molecular flexibility index (Phi) is 4.89. The predicted molar refractivity (Wildman–Crippen MR) is 99.8 cm³/mol. The number of rotatable bonds is 5. The van der Waals surface area contributed by atoms with Crippen LogP contribution in [0.25, 0.3) is 10.9 Å². The summed E-state index contributed by atoms with van der Waals surface area (Å²) in [5, 5.41) is 23.7. The van der Waals surface area contributed by atoms with Gasteiger partial charge in [-0.05, 0) is 30.2 Å². The molecule has 4 N–H and O–H groups in total. The first-order chi connectivity index (χ1) is 11.9. The molecule has 25 heavy (non-hydrogen) atoms. The van der Waals surface area contributed by atoms with E-state index in [9.17, 15) is 15.0 Å². The van der Waals surface area contributed by atoms with Crippen molar-refractivity contribution in [2.75, 3.05) is 11.9 Å². The highest BCUT2D eigenvalue weighted by atomic mass is 79.9. The Morgan fingerprint density at radius 1 is 1.36 bits per heavy atom. The number of H-pyrrole nitrogens is 1. The van der Waals surface area contributed by atoms with Crippen LogP contribution in [0, 0.1) is 0 Å². The second-order valence-electron chi connectivity index (χ2n) is 6.03. The molecule has 1 unspecified atom stereocenters. The number of aliphatic hydroxyl groups excluding tert-OH is 1. The lowest BCUT2D eigenvalue weighted by Crippen LogP contribution is -2.25. The number of benzene rings is 1. The lowest BCUT2D eigenvalue weighted by molar-refractivity contribution is -0.00229. The van der Waals surface area contributed by atoms with E-state index in [1.54, 1.807) is 36.5 Å². The summed E-state index contributed by atoms with van der Waals surface area (Å²) in [4.78, 5) is 19.8. The quantitative estimate of drug-likeness (QED) is 0.492. The molecule has 3 aromatic rings. The summed E-state index contributed by atoms with van der Waals surface area (Å²) in [6.45, 7) is 1.12. The predicted octanol–water partition coefficient (Wildman–Crippen LogP) is 2.91. The highest BCUT2D eigenvalue weighted by Gasteiger charge is 2.22. The molecule has 0 radical (unpaired) electrons. The number of hydrogen-bond donors (Lipinski definition) is 4. The van der Waals surface area contributed by atoms with E-state index in [2.05, 4.69) is 31.2 Å².